The summed E-state index contributed by atoms with van der Waals surface area (Å²) < 4.78 is 0. The maximum absolute atomic E-state index is 2.37. The largest absolute Gasteiger partial charge is 0.117 e. The second kappa shape index (κ2) is 5.15. The SMILES string of the molecule is CPC1CC=CC=C1C1=C(C)C=C(C)CC1. The van der Waals surface area contributed by atoms with Crippen LogP contribution in [0.4, 0.5) is 0 Å². The number of hydrogen-bond acceptors (Lipinski definition) is 0. The molecule has 0 aromatic rings. The van der Waals surface area contributed by atoms with Gasteiger partial charge in [0.15, 0.2) is 0 Å². The minimum absolute atomic E-state index is 0.779. The molecule has 0 heterocycles. The Morgan fingerprint density at radius 1 is 1.25 bits per heavy atom. The molecule has 86 valence electrons. The van der Waals surface area contributed by atoms with Gasteiger partial charge in [-0.25, -0.2) is 0 Å². The van der Waals surface area contributed by atoms with Gasteiger partial charge in [0.25, 0.3) is 0 Å². The van der Waals surface area contributed by atoms with E-state index in [1.54, 1.807) is 11.1 Å². The van der Waals surface area contributed by atoms with Gasteiger partial charge in [0, 0.05) is 5.66 Å². The van der Waals surface area contributed by atoms with Gasteiger partial charge < -0.3 is 0 Å². The van der Waals surface area contributed by atoms with Crippen molar-refractivity contribution in [1.82, 2.24) is 0 Å². The van der Waals surface area contributed by atoms with Gasteiger partial charge in [-0.2, -0.15) is 0 Å². The van der Waals surface area contributed by atoms with Crippen LogP contribution in [0.25, 0.3) is 0 Å². The summed E-state index contributed by atoms with van der Waals surface area (Å²) in [4.78, 5) is 0. The van der Waals surface area contributed by atoms with Crippen molar-refractivity contribution in [2.24, 2.45) is 0 Å². The lowest BCUT2D eigenvalue weighted by molar-refractivity contribution is 0.860. The maximum atomic E-state index is 2.37. The van der Waals surface area contributed by atoms with Crippen LogP contribution in [0.15, 0.2) is 46.6 Å². The summed E-state index contributed by atoms with van der Waals surface area (Å²) in [5, 5.41) is 0. The van der Waals surface area contributed by atoms with Crippen molar-refractivity contribution < 1.29 is 0 Å². The minimum atomic E-state index is 0.779. The van der Waals surface area contributed by atoms with E-state index in [1.807, 2.05) is 0 Å². The lowest BCUT2D eigenvalue weighted by atomic mass is 9.85. The smallest absolute Gasteiger partial charge is 0.00488 e. The van der Waals surface area contributed by atoms with Crippen molar-refractivity contribution in [3.63, 3.8) is 0 Å². The average Bonchev–Trinajstić information content (AvgIpc) is 2.29. The Labute approximate surface area is 101 Å². The van der Waals surface area contributed by atoms with E-state index in [-0.39, 0.29) is 0 Å². The van der Waals surface area contributed by atoms with Crippen molar-refractivity contribution in [1.29, 1.82) is 0 Å². The Morgan fingerprint density at radius 3 is 2.75 bits per heavy atom. The highest BCUT2D eigenvalue weighted by molar-refractivity contribution is 7.38. The zero-order chi connectivity index (χ0) is 11.5. The molecule has 1 heteroatoms. The molecule has 0 spiro atoms. The molecule has 2 aliphatic rings. The normalized spacial score (nSPS) is 26.3. The zero-order valence-electron chi connectivity index (χ0n) is 10.5. The molecule has 0 saturated carbocycles. The van der Waals surface area contributed by atoms with Gasteiger partial charge in [-0.05, 0) is 56.5 Å². The molecule has 0 nitrogen and oxygen atoms in total. The van der Waals surface area contributed by atoms with Crippen LogP contribution in [0.5, 0.6) is 0 Å². The fourth-order valence-corrected chi connectivity index (χ4v) is 3.59. The van der Waals surface area contributed by atoms with Gasteiger partial charge in [-0.3, -0.25) is 0 Å². The second-order valence-electron chi connectivity index (χ2n) is 4.78. The highest BCUT2D eigenvalue weighted by Gasteiger charge is 2.19. The van der Waals surface area contributed by atoms with Gasteiger partial charge in [0.1, 0.15) is 0 Å². The van der Waals surface area contributed by atoms with Crippen molar-refractivity contribution in [2.75, 3.05) is 6.66 Å². The fraction of sp³-hybridized carbons (Fsp3) is 0.467. The monoisotopic (exact) mass is 232 g/mol. The highest BCUT2D eigenvalue weighted by Crippen LogP contribution is 2.38. The Bertz CT molecular complexity index is 394. The van der Waals surface area contributed by atoms with Crippen LogP contribution < -0.4 is 0 Å². The Hall–Kier alpha value is -0.610. The minimum Gasteiger partial charge on any atom is -0.117 e. The number of allylic oxidation sites excluding steroid dienone is 8. The van der Waals surface area contributed by atoms with Crippen molar-refractivity contribution in [2.45, 2.75) is 38.8 Å². The first-order chi connectivity index (χ1) is 7.72. The molecule has 0 radical (unpaired) electrons. The third kappa shape index (κ3) is 2.38. The molecule has 0 bridgehead atoms. The Morgan fingerprint density at radius 2 is 2.06 bits per heavy atom. The van der Waals surface area contributed by atoms with Gasteiger partial charge in [-0.1, -0.05) is 29.9 Å². The van der Waals surface area contributed by atoms with Crippen LogP contribution in [0.1, 0.15) is 33.1 Å². The second-order valence-corrected chi connectivity index (χ2v) is 6.05. The summed E-state index contributed by atoms with van der Waals surface area (Å²) in [6.07, 6.45) is 13.0. The van der Waals surface area contributed by atoms with Crippen LogP contribution in [-0.4, -0.2) is 12.3 Å². The quantitative estimate of drug-likeness (QED) is 0.610. The molecule has 0 aromatic heterocycles. The molecule has 2 rings (SSSR count). The lowest BCUT2D eigenvalue weighted by Crippen LogP contribution is -2.11. The lowest BCUT2D eigenvalue weighted by Gasteiger charge is -2.26. The number of rotatable bonds is 2. The predicted molar refractivity (Wildman–Crippen MR) is 75.6 cm³/mol. The maximum Gasteiger partial charge on any atom is 0.00488 e. The molecule has 0 aliphatic heterocycles. The van der Waals surface area contributed by atoms with Gasteiger partial charge in [0.2, 0.25) is 0 Å². The van der Waals surface area contributed by atoms with Gasteiger partial charge in [-0.15, -0.1) is 8.58 Å². The first-order valence-corrected chi connectivity index (χ1v) is 7.71. The third-order valence-corrected chi connectivity index (χ3v) is 4.81. The molecule has 0 amide bonds. The van der Waals surface area contributed by atoms with Gasteiger partial charge in [0.05, 0.1) is 0 Å². The van der Waals surface area contributed by atoms with E-state index < -0.39 is 0 Å². The van der Waals surface area contributed by atoms with E-state index >= 15 is 0 Å². The molecule has 0 fully saturated rings. The molecule has 16 heavy (non-hydrogen) atoms. The summed E-state index contributed by atoms with van der Waals surface area (Å²) in [5.74, 6) is 0. The standard InChI is InChI=1S/C15H21P/c1-11-8-9-13(12(2)10-11)14-6-4-5-7-15(14)16-3/h4-6,10,15-16H,7-9H2,1-3H3. The van der Waals surface area contributed by atoms with Crippen LogP contribution >= 0.6 is 8.58 Å². The van der Waals surface area contributed by atoms with Crippen molar-refractivity contribution in [3.05, 3.63) is 46.6 Å². The summed E-state index contributed by atoms with van der Waals surface area (Å²) >= 11 is 0. The Balaban J connectivity index is 2.33. The van der Waals surface area contributed by atoms with Crippen LogP contribution in [-0.2, 0) is 0 Å². The molecule has 2 aliphatic carbocycles. The molecular weight excluding hydrogens is 211 g/mol. The van der Waals surface area contributed by atoms with E-state index in [0.29, 0.717) is 0 Å². The summed E-state index contributed by atoms with van der Waals surface area (Å²) in [6, 6.07) is 0. The molecule has 0 saturated heterocycles. The fourth-order valence-electron chi connectivity index (χ4n) is 2.63. The van der Waals surface area contributed by atoms with E-state index in [0.717, 1.165) is 14.2 Å². The van der Waals surface area contributed by atoms with Crippen LogP contribution in [0, 0.1) is 0 Å². The highest BCUT2D eigenvalue weighted by atomic mass is 31.1. The van der Waals surface area contributed by atoms with E-state index in [2.05, 4.69) is 44.8 Å². The summed E-state index contributed by atoms with van der Waals surface area (Å²) in [6.45, 7) is 6.85. The summed E-state index contributed by atoms with van der Waals surface area (Å²) in [7, 11) is 1.02. The predicted octanol–water partition coefficient (Wildman–Crippen LogP) is 4.61. The van der Waals surface area contributed by atoms with E-state index in [4.69, 9.17) is 0 Å². The van der Waals surface area contributed by atoms with Crippen molar-refractivity contribution >= 4 is 8.58 Å². The summed E-state index contributed by atoms with van der Waals surface area (Å²) in [5.41, 5.74) is 7.04. The van der Waals surface area contributed by atoms with Crippen LogP contribution in [0.3, 0.4) is 0 Å². The number of hydrogen-bond donors (Lipinski definition) is 0. The molecule has 2 atom stereocenters. The van der Waals surface area contributed by atoms with Crippen LogP contribution in [0.2, 0.25) is 0 Å². The zero-order valence-corrected chi connectivity index (χ0v) is 11.5. The molecular formula is C15H21P. The van der Waals surface area contributed by atoms with Crippen molar-refractivity contribution in [3.8, 4) is 0 Å². The molecule has 2 unspecified atom stereocenters. The topological polar surface area (TPSA) is 0 Å². The molecule has 0 N–H and O–H groups in total. The first kappa shape index (κ1) is 11.9. The van der Waals surface area contributed by atoms with Gasteiger partial charge >= 0.3 is 0 Å². The van der Waals surface area contributed by atoms with E-state index in [9.17, 15) is 0 Å². The van der Waals surface area contributed by atoms with E-state index in [1.165, 1.54) is 30.4 Å². The molecule has 0 aromatic carbocycles. The average molecular weight is 232 g/mol. The Kier molecular flexibility index (Phi) is 3.82. The third-order valence-electron chi connectivity index (χ3n) is 3.56. The first-order valence-electron chi connectivity index (χ1n) is 6.13.